The fourth-order valence-corrected chi connectivity index (χ4v) is 2.42. The molecule has 6 nitrogen and oxygen atoms in total. The molecule has 1 N–H and O–H groups in total. The van der Waals surface area contributed by atoms with Crippen molar-refractivity contribution >= 4 is 22.9 Å². The number of ether oxygens (including phenoxy) is 1. The molecule has 0 fully saturated rings. The van der Waals surface area contributed by atoms with Crippen LogP contribution in [0, 0.1) is 19.8 Å². The Hall–Kier alpha value is -2.37. The van der Waals surface area contributed by atoms with Crippen molar-refractivity contribution in [1.82, 2.24) is 4.98 Å². The van der Waals surface area contributed by atoms with Gasteiger partial charge in [-0.25, -0.2) is 9.59 Å². The minimum atomic E-state index is -0.613. The Kier molecular flexibility index (Phi) is 5.03. The summed E-state index contributed by atoms with van der Waals surface area (Å²) in [4.78, 5) is 28.4. The van der Waals surface area contributed by atoms with Crippen LogP contribution in [0.15, 0.2) is 21.3 Å². The molecule has 6 heteroatoms. The van der Waals surface area contributed by atoms with Crippen molar-refractivity contribution in [2.24, 2.45) is 5.92 Å². The van der Waals surface area contributed by atoms with E-state index in [9.17, 15) is 9.59 Å². The highest BCUT2D eigenvalue weighted by Gasteiger charge is 2.22. The molecule has 2 rings (SSSR count). The number of anilines is 1. The van der Waals surface area contributed by atoms with E-state index in [0.29, 0.717) is 17.3 Å². The standard InChI is InChI=1S/C17H22N2O4/c1-9(2)8-13(16(21)22-5)18-17-19-14-11(4)10(3)6-7-12(14)15(20)23-17/h6-7,9,13H,8H2,1-5H3,(H,18,19)/t13-/m0/s1. The second-order valence-electron chi connectivity index (χ2n) is 6.06. The van der Waals surface area contributed by atoms with Crippen LogP contribution in [0.1, 0.15) is 31.4 Å². The number of hydrogen-bond donors (Lipinski definition) is 1. The Labute approximate surface area is 134 Å². The van der Waals surface area contributed by atoms with Gasteiger partial charge in [0.15, 0.2) is 0 Å². The first kappa shape index (κ1) is 17.0. The van der Waals surface area contributed by atoms with Gasteiger partial charge in [-0.2, -0.15) is 4.98 Å². The Morgan fingerprint density at radius 3 is 2.65 bits per heavy atom. The van der Waals surface area contributed by atoms with Gasteiger partial charge < -0.3 is 14.5 Å². The maximum atomic E-state index is 12.1. The van der Waals surface area contributed by atoms with Crippen LogP contribution in [-0.2, 0) is 9.53 Å². The number of methoxy groups -OCH3 is 1. The van der Waals surface area contributed by atoms with Crippen LogP contribution in [-0.4, -0.2) is 24.1 Å². The highest BCUT2D eigenvalue weighted by Crippen LogP contribution is 2.20. The Morgan fingerprint density at radius 2 is 2.04 bits per heavy atom. The van der Waals surface area contributed by atoms with Crippen molar-refractivity contribution < 1.29 is 13.9 Å². The third-order valence-corrected chi connectivity index (χ3v) is 3.81. The molecular formula is C17H22N2O4. The van der Waals surface area contributed by atoms with Crippen LogP contribution >= 0.6 is 0 Å². The molecule has 0 spiro atoms. The van der Waals surface area contributed by atoms with E-state index in [0.717, 1.165) is 11.1 Å². The van der Waals surface area contributed by atoms with Gasteiger partial charge in [-0.1, -0.05) is 19.9 Å². The maximum absolute atomic E-state index is 12.1. The maximum Gasteiger partial charge on any atom is 0.348 e. The molecule has 23 heavy (non-hydrogen) atoms. The predicted molar refractivity (Wildman–Crippen MR) is 88.6 cm³/mol. The Morgan fingerprint density at radius 1 is 1.35 bits per heavy atom. The molecule has 0 unspecified atom stereocenters. The van der Waals surface area contributed by atoms with Gasteiger partial charge >= 0.3 is 11.6 Å². The molecule has 0 radical (unpaired) electrons. The van der Waals surface area contributed by atoms with Gasteiger partial charge in [-0.15, -0.1) is 0 Å². The SMILES string of the molecule is COC(=O)[C@H](CC(C)C)Nc1nc2c(C)c(C)ccc2c(=O)o1. The molecule has 0 aliphatic carbocycles. The minimum Gasteiger partial charge on any atom is -0.467 e. The third kappa shape index (κ3) is 3.70. The largest absolute Gasteiger partial charge is 0.467 e. The third-order valence-electron chi connectivity index (χ3n) is 3.81. The average molecular weight is 318 g/mol. The lowest BCUT2D eigenvalue weighted by atomic mass is 10.0. The van der Waals surface area contributed by atoms with Gasteiger partial charge in [-0.3, -0.25) is 0 Å². The van der Waals surface area contributed by atoms with Crippen molar-refractivity contribution in [3.8, 4) is 0 Å². The number of carbonyl (C=O) groups is 1. The highest BCUT2D eigenvalue weighted by molar-refractivity contribution is 5.83. The quantitative estimate of drug-likeness (QED) is 0.854. The molecule has 1 atom stereocenters. The summed E-state index contributed by atoms with van der Waals surface area (Å²) in [5.41, 5.74) is 2.05. The first-order chi connectivity index (χ1) is 10.8. The molecule has 1 aromatic carbocycles. The lowest BCUT2D eigenvalue weighted by Gasteiger charge is -2.18. The van der Waals surface area contributed by atoms with E-state index < -0.39 is 17.6 Å². The topological polar surface area (TPSA) is 81.4 Å². The molecule has 124 valence electrons. The van der Waals surface area contributed by atoms with Gasteiger partial charge in [0.1, 0.15) is 6.04 Å². The molecule has 1 aromatic heterocycles. The van der Waals surface area contributed by atoms with Gasteiger partial charge in [0.05, 0.1) is 18.0 Å². The number of nitrogens with zero attached hydrogens (tertiary/aromatic N) is 1. The van der Waals surface area contributed by atoms with Crippen LogP contribution in [0.4, 0.5) is 6.01 Å². The normalized spacial score (nSPS) is 12.4. The van der Waals surface area contributed by atoms with Crippen LogP contribution in [0.2, 0.25) is 0 Å². The van der Waals surface area contributed by atoms with E-state index in [1.807, 2.05) is 33.8 Å². The molecule has 0 amide bonds. The van der Waals surface area contributed by atoms with Gasteiger partial charge in [-0.05, 0) is 43.4 Å². The zero-order valence-corrected chi connectivity index (χ0v) is 14.1. The summed E-state index contributed by atoms with van der Waals surface area (Å²) in [6.07, 6.45) is 0.545. The molecule has 0 saturated heterocycles. The molecular weight excluding hydrogens is 296 g/mol. The fraction of sp³-hybridized carbons (Fsp3) is 0.471. The van der Waals surface area contributed by atoms with E-state index in [4.69, 9.17) is 9.15 Å². The molecule has 0 saturated carbocycles. The van der Waals surface area contributed by atoms with Gasteiger partial charge in [0, 0.05) is 0 Å². The van der Waals surface area contributed by atoms with Crippen LogP contribution < -0.4 is 10.9 Å². The van der Waals surface area contributed by atoms with Crippen LogP contribution in [0.3, 0.4) is 0 Å². The number of aromatic nitrogens is 1. The van der Waals surface area contributed by atoms with Gasteiger partial charge in [0.25, 0.3) is 6.01 Å². The smallest absolute Gasteiger partial charge is 0.348 e. The van der Waals surface area contributed by atoms with E-state index in [-0.39, 0.29) is 11.9 Å². The average Bonchev–Trinajstić information content (AvgIpc) is 2.49. The highest BCUT2D eigenvalue weighted by atomic mass is 16.5. The number of esters is 1. The zero-order valence-electron chi connectivity index (χ0n) is 14.1. The number of carbonyl (C=O) groups excluding carboxylic acids is 1. The predicted octanol–water partition coefficient (Wildman–Crippen LogP) is 2.80. The number of nitrogens with one attached hydrogen (secondary N) is 1. The van der Waals surface area contributed by atoms with Crippen molar-refractivity contribution in [3.63, 3.8) is 0 Å². The summed E-state index contributed by atoms with van der Waals surface area (Å²) >= 11 is 0. The number of rotatable bonds is 5. The minimum absolute atomic E-state index is 0.0345. The lowest BCUT2D eigenvalue weighted by molar-refractivity contribution is -0.141. The molecule has 0 aliphatic rings. The molecule has 2 aromatic rings. The Balaban J connectivity index is 2.44. The van der Waals surface area contributed by atoms with Crippen LogP contribution in [0.5, 0.6) is 0 Å². The van der Waals surface area contributed by atoms with E-state index in [1.54, 1.807) is 6.07 Å². The van der Waals surface area contributed by atoms with Crippen LogP contribution in [0.25, 0.3) is 10.9 Å². The van der Waals surface area contributed by atoms with E-state index in [1.165, 1.54) is 7.11 Å². The second kappa shape index (κ2) is 6.81. The summed E-state index contributed by atoms with van der Waals surface area (Å²) in [6, 6.07) is 2.98. The summed E-state index contributed by atoms with van der Waals surface area (Å²) < 4.78 is 10.0. The van der Waals surface area contributed by atoms with Crippen molar-refractivity contribution in [2.45, 2.75) is 40.2 Å². The second-order valence-corrected chi connectivity index (χ2v) is 6.06. The molecule has 0 bridgehead atoms. The van der Waals surface area contributed by atoms with E-state index >= 15 is 0 Å². The number of fused-ring (bicyclic) bond motifs is 1. The van der Waals surface area contributed by atoms with Gasteiger partial charge in [0.2, 0.25) is 0 Å². The van der Waals surface area contributed by atoms with Crippen molar-refractivity contribution in [1.29, 1.82) is 0 Å². The summed E-state index contributed by atoms with van der Waals surface area (Å²) in [7, 11) is 1.33. The lowest BCUT2D eigenvalue weighted by Crippen LogP contribution is -2.32. The zero-order chi connectivity index (χ0) is 17.1. The monoisotopic (exact) mass is 318 g/mol. The van der Waals surface area contributed by atoms with Crippen molar-refractivity contribution in [3.05, 3.63) is 33.7 Å². The first-order valence-electron chi connectivity index (χ1n) is 7.59. The number of hydrogen-bond acceptors (Lipinski definition) is 6. The first-order valence-corrected chi connectivity index (χ1v) is 7.59. The summed E-state index contributed by atoms with van der Waals surface area (Å²) in [6.45, 7) is 7.85. The number of benzene rings is 1. The molecule has 1 heterocycles. The summed E-state index contributed by atoms with van der Waals surface area (Å²) in [5.74, 6) is -0.146. The summed E-state index contributed by atoms with van der Waals surface area (Å²) in [5, 5.41) is 3.32. The van der Waals surface area contributed by atoms with E-state index in [2.05, 4.69) is 10.3 Å². The van der Waals surface area contributed by atoms with Crippen molar-refractivity contribution in [2.75, 3.05) is 12.4 Å². The molecule has 0 aliphatic heterocycles. The number of aryl methyl sites for hydroxylation is 2. The fourth-order valence-electron chi connectivity index (χ4n) is 2.42. The Bertz CT molecular complexity index is 780.